The van der Waals surface area contributed by atoms with Crippen molar-refractivity contribution >= 4 is 11.6 Å². The molecule has 2 rings (SSSR count). The molecule has 100 valence electrons. The Balaban J connectivity index is 2.27. The number of aryl methyl sites for hydroxylation is 1. The molecule has 0 radical (unpaired) electrons. The molecule has 4 nitrogen and oxygen atoms in total. The highest BCUT2D eigenvalue weighted by Gasteiger charge is 2.07. The van der Waals surface area contributed by atoms with Crippen molar-refractivity contribution in [3.8, 4) is 11.6 Å². The maximum atomic E-state index is 9.25. The summed E-state index contributed by atoms with van der Waals surface area (Å²) in [5.74, 6) is 1.62. The van der Waals surface area contributed by atoms with E-state index in [4.69, 9.17) is 16.3 Å². The number of nitrogens with zero attached hydrogens (tertiary/aromatic N) is 2. The number of ether oxygens (including phenoxy) is 1. The van der Waals surface area contributed by atoms with E-state index in [1.165, 1.54) is 0 Å². The van der Waals surface area contributed by atoms with Crippen LogP contribution >= 0.6 is 11.6 Å². The van der Waals surface area contributed by atoms with Crippen LogP contribution in [-0.4, -0.2) is 15.1 Å². The first-order valence-electron chi connectivity index (χ1n) is 6.13. The van der Waals surface area contributed by atoms with Crippen molar-refractivity contribution < 1.29 is 9.84 Å². The minimum atomic E-state index is -0.0865. The smallest absolute Gasteiger partial charge is 0.224 e. The van der Waals surface area contributed by atoms with Gasteiger partial charge in [0.25, 0.3) is 0 Å². The third-order valence-electron chi connectivity index (χ3n) is 2.55. The van der Waals surface area contributed by atoms with Gasteiger partial charge < -0.3 is 9.84 Å². The van der Waals surface area contributed by atoms with Crippen molar-refractivity contribution in [3.63, 3.8) is 0 Å². The molecule has 0 spiro atoms. The van der Waals surface area contributed by atoms with Crippen LogP contribution in [0.5, 0.6) is 11.6 Å². The van der Waals surface area contributed by atoms with Gasteiger partial charge in [0.05, 0.1) is 6.61 Å². The first-order chi connectivity index (χ1) is 9.22. The molecule has 0 aliphatic heterocycles. The minimum Gasteiger partial charge on any atom is -0.438 e. The van der Waals surface area contributed by atoms with Gasteiger partial charge in [-0.05, 0) is 12.5 Å². The van der Waals surface area contributed by atoms with E-state index in [-0.39, 0.29) is 6.61 Å². The molecular weight excluding hydrogens is 264 g/mol. The van der Waals surface area contributed by atoms with Crippen LogP contribution in [0.15, 0.2) is 30.3 Å². The second kappa shape index (κ2) is 6.50. The highest BCUT2D eigenvalue weighted by molar-refractivity contribution is 6.29. The Morgan fingerprint density at radius 3 is 2.79 bits per heavy atom. The molecule has 0 amide bonds. The van der Waals surface area contributed by atoms with Crippen LogP contribution in [0.2, 0.25) is 5.15 Å². The standard InChI is InChI=1S/C14H15ClN2O2/c1-2-5-13-16-12(15)8-14(17-13)19-11-7-4-3-6-10(11)9-18/h3-4,6-8,18H,2,5,9H2,1H3. The van der Waals surface area contributed by atoms with Gasteiger partial charge >= 0.3 is 0 Å². The van der Waals surface area contributed by atoms with E-state index in [9.17, 15) is 5.11 Å². The van der Waals surface area contributed by atoms with Crippen molar-refractivity contribution in [1.82, 2.24) is 9.97 Å². The van der Waals surface area contributed by atoms with Crippen LogP contribution < -0.4 is 4.74 Å². The van der Waals surface area contributed by atoms with E-state index in [1.54, 1.807) is 18.2 Å². The lowest BCUT2D eigenvalue weighted by molar-refractivity contribution is 0.276. The summed E-state index contributed by atoms with van der Waals surface area (Å²) in [6, 6.07) is 8.82. The number of aliphatic hydroxyl groups is 1. The molecule has 0 saturated heterocycles. The molecule has 19 heavy (non-hydrogen) atoms. The first kappa shape index (κ1) is 13.8. The second-order valence-electron chi connectivity index (χ2n) is 4.06. The Labute approximate surface area is 117 Å². The van der Waals surface area contributed by atoms with Gasteiger partial charge in [0, 0.05) is 18.1 Å². The van der Waals surface area contributed by atoms with E-state index in [1.807, 2.05) is 19.1 Å². The monoisotopic (exact) mass is 278 g/mol. The second-order valence-corrected chi connectivity index (χ2v) is 4.45. The van der Waals surface area contributed by atoms with Crippen LogP contribution in [0.25, 0.3) is 0 Å². The van der Waals surface area contributed by atoms with Crippen molar-refractivity contribution in [2.75, 3.05) is 0 Å². The highest BCUT2D eigenvalue weighted by atomic mass is 35.5. The summed E-state index contributed by atoms with van der Waals surface area (Å²) in [4.78, 5) is 8.43. The van der Waals surface area contributed by atoms with E-state index >= 15 is 0 Å². The molecule has 0 aliphatic carbocycles. The fourth-order valence-corrected chi connectivity index (χ4v) is 1.87. The number of para-hydroxylation sites is 1. The molecule has 1 aromatic heterocycles. The zero-order valence-electron chi connectivity index (χ0n) is 10.6. The van der Waals surface area contributed by atoms with Crippen molar-refractivity contribution in [3.05, 3.63) is 46.9 Å². The van der Waals surface area contributed by atoms with Gasteiger partial charge in [-0.2, -0.15) is 4.98 Å². The van der Waals surface area contributed by atoms with E-state index in [0.717, 1.165) is 12.8 Å². The molecule has 0 bridgehead atoms. The predicted octanol–water partition coefficient (Wildman–Crippen LogP) is 3.37. The zero-order valence-corrected chi connectivity index (χ0v) is 11.4. The third kappa shape index (κ3) is 3.66. The van der Waals surface area contributed by atoms with E-state index in [2.05, 4.69) is 9.97 Å². The van der Waals surface area contributed by atoms with Gasteiger partial charge in [0.1, 0.15) is 16.7 Å². The summed E-state index contributed by atoms with van der Waals surface area (Å²) < 4.78 is 5.67. The number of halogens is 1. The molecule has 1 aromatic carbocycles. The lowest BCUT2D eigenvalue weighted by Gasteiger charge is -2.09. The number of aliphatic hydroxyl groups excluding tert-OH is 1. The summed E-state index contributed by atoms with van der Waals surface area (Å²) in [5.41, 5.74) is 0.703. The van der Waals surface area contributed by atoms with Gasteiger partial charge in [-0.15, -0.1) is 0 Å². The number of hydrogen-bond acceptors (Lipinski definition) is 4. The van der Waals surface area contributed by atoms with Gasteiger partial charge in [-0.3, -0.25) is 0 Å². The van der Waals surface area contributed by atoms with Gasteiger partial charge in [-0.25, -0.2) is 4.98 Å². The topological polar surface area (TPSA) is 55.2 Å². The molecule has 2 aromatic rings. The number of benzene rings is 1. The van der Waals surface area contributed by atoms with Crippen LogP contribution in [0.1, 0.15) is 24.7 Å². The molecule has 1 heterocycles. The van der Waals surface area contributed by atoms with Crippen LogP contribution in [0.4, 0.5) is 0 Å². The Morgan fingerprint density at radius 2 is 2.05 bits per heavy atom. The Bertz CT molecular complexity index is 561. The maximum Gasteiger partial charge on any atom is 0.224 e. The zero-order chi connectivity index (χ0) is 13.7. The molecule has 1 N–H and O–H groups in total. The summed E-state index contributed by atoms with van der Waals surface area (Å²) in [7, 11) is 0. The average Bonchev–Trinajstić information content (AvgIpc) is 2.39. The summed E-state index contributed by atoms with van der Waals surface area (Å²) in [6.07, 6.45) is 1.69. The molecule has 0 fully saturated rings. The van der Waals surface area contributed by atoms with Crippen molar-refractivity contribution in [2.45, 2.75) is 26.4 Å². The van der Waals surface area contributed by atoms with Crippen LogP contribution in [0.3, 0.4) is 0 Å². The average molecular weight is 279 g/mol. The Hall–Kier alpha value is -1.65. The number of rotatable bonds is 5. The molecule has 0 aliphatic rings. The number of aromatic nitrogens is 2. The lowest BCUT2D eigenvalue weighted by atomic mass is 10.2. The first-order valence-corrected chi connectivity index (χ1v) is 6.50. The summed E-state index contributed by atoms with van der Waals surface area (Å²) in [6.45, 7) is 1.96. The van der Waals surface area contributed by atoms with Crippen LogP contribution in [0, 0.1) is 0 Å². The minimum absolute atomic E-state index is 0.0865. The van der Waals surface area contributed by atoms with Gasteiger partial charge in [0.2, 0.25) is 5.88 Å². The largest absolute Gasteiger partial charge is 0.438 e. The Kier molecular flexibility index (Phi) is 4.71. The van der Waals surface area contributed by atoms with Crippen molar-refractivity contribution in [1.29, 1.82) is 0 Å². The highest BCUT2D eigenvalue weighted by Crippen LogP contribution is 2.25. The fourth-order valence-electron chi connectivity index (χ4n) is 1.68. The number of hydrogen-bond donors (Lipinski definition) is 1. The molecule has 5 heteroatoms. The predicted molar refractivity (Wildman–Crippen MR) is 73.5 cm³/mol. The van der Waals surface area contributed by atoms with Gasteiger partial charge in [-0.1, -0.05) is 36.7 Å². The maximum absolute atomic E-state index is 9.25. The normalized spacial score (nSPS) is 10.5. The van der Waals surface area contributed by atoms with Crippen LogP contribution in [-0.2, 0) is 13.0 Å². The SMILES string of the molecule is CCCc1nc(Cl)cc(Oc2ccccc2CO)n1. The molecule has 0 unspecified atom stereocenters. The summed E-state index contributed by atoms with van der Waals surface area (Å²) >= 11 is 5.95. The molecule has 0 atom stereocenters. The lowest BCUT2D eigenvalue weighted by Crippen LogP contribution is -1.99. The third-order valence-corrected chi connectivity index (χ3v) is 2.74. The van der Waals surface area contributed by atoms with Crippen molar-refractivity contribution in [2.24, 2.45) is 0 Å². The van der Waals surface area contributed by atoms with Gasteiger partial charge in [0.15, 0.2) is 0 Å². The fraction of sp³-hybridized carbons (Fsp3) is 0.286. The van der Waals surface area contributed by atoms with E-state index < -0.39 is 0 Å². The summed E-state index contributed by atoms with van der Waals surface area (Å²) in [5, 5.41) is 9.61. The molecular formula is C14H15ClN2O2. The molecule has 0 saturated carbocycles. The Morgan fingerprint density at radius 1 is 1.26 bits per heavy atom. The quantitative estimate of drug-likeness (QED) is 0.852. The van der Waals surface area contributed by atoms with E-state index in [0.29, 0.717) is 28.2 Å².